The van der Waals surface area contributed by atoms with Crippen LogP contribution in [0, 0.1) is 10.7 Å². The van der Waals surface area contributed by atoms with Crippen molar-refractivity contribution in [3.8, 4) is 5.40 Å². The summed E-state index contributed by atoms with van der Waals surface area (Å²) in [6, 6.07) is 0. The first-order chi connectivity index (χ1) is 8.77. The van der Waals surface area contributed by atoms with Gasteiger partial charge in [0.15, 0.2) is 0 Å². The molecule has 1 nitrogen and oxygen atoms in total. The molecular formula is C9H8F9NS. The molecule has 0 aromatic carbocycles. The smallest absolute Gasteiger partial charge is 0.200 e. The molecule has 0 radical (unpaired) electrons. The summed E-state index contributed by atoms with van der Waals surface area (Å²) in [6.45, 7) is 0. The van der Waals surface area contributed by atoms with Gasteiger partial charge in [0.05, 0.1) is 0 Å². The highest BCUT2D eigenvalue weighted by Crippen LogP contribution is 2.45. The number of thiocyanates is 1. The summed E-state index contributed by atoms with van der Waals surface area (Å²) in [7, 11) is 0. The number of hydrogen-bond donors (Lipinski definition) is 0. The zero-order valence-electron chi connectivity index (χ0n) is 9.59. The molecule has 0 saturated heterocycles. The Morgan fingerprint density at radius 1 is 0.700 bits per heavy atom. The van der Waals surface area contributed by atoms with E-state index in [9.17, 15) is 39.5 Å². The monoisotopic (exact) mass is 333 g/mol. The lowest BCUT2D eigenvalue weighted by atomic mass is 10.0. The third kappa shape index (κ3) is 4.96. The van der Waals surface area contributed by atoms with E-state index in [1.807, 2.05) is 0 Å². The van der Waals surface area contributed by atoms with Crippen LogP contribution in [0.5, 0.6) is 0 Å². The molecule has 20 heavy (non-hydrogen) atoms. The molecule has 0 aliphatic heterocycles. The Balaban J connectivity index is 4.70. The fourth-order valence-corrected chi connectivity index (χ4v) is 1.50. The minimum Gasteiger partial charge on any atom is -0.200 e. The molecule has 11 heteroatoms. The Bertz CT molecular complexity index is 357. The molecular weight excluding hydrogens is 325 g/mol. The number of rotatable bonds is 7. The van der Waals surface area contributed by atoms with Crippen LogP contribution in [-0.2, 0) is 0 Å². The fourth-order valence-electron chi connectivity index (χ4n) is 1.05. The quantitative estimate of drug-likeness (QED) is 0.378. The molecule has 0 atom stereocenters. The van der Waals surface area contributed by atoms with Gasteiger partial charge in [-0.15, -0.1) is 0 Å². The molecule has 0 saturated carbocycles. The van der Waals surface area contributed by atoms with Crippen molar-refractivity contribution in [2.45, 2.75) is 43.2 Å². The largest absolute Gasteiger partial charge is 0.453 e. The minimum absolute atomic E-state index is 0.243. The van der Waals surface area contributed by atoms with E-state index in [2.05, 4.69) is 0 Å². The molecule has 0 rings (SSSR count). The van der Waals surface area contributed by atoms with E-state index < -0.39 is 49.0 Å². The van der Waals surface area contributed by atoms with Crippen molar-refractivity contribution in [3.63, 3.8) is 0 Å². The summed E-state index contributed by atoms with van der Waals surface area (Å²) in [6.07, 6.45) is -12.3. The van der Waals surface area contributed by atoms with Gasteiger partial charge in [-0.1, -0.05) is 0 Å². The standard InChI is InChI=1S/C9H8F9NS/c10-6(11,7(12,13)3-4-20-5-19)1-2-8(14,15)9(16,17)18/h1-4H2. The van der Waals surface area contributed by atoms with Gasteiger partial charge in [0.1, 0.15) is 5.40 Å². The zero-order valence-corrected chi connectivity index (χ0v) is 10.4. The summed E-state index contributed by atoms with van der Waals surface area (Å²) < 4.78 is 112. The molecule has 0 aliphatic carbocycles. The number of nitrogens with zero attached hydrogens (tertiary/aromatic N) is 1. The second-order valence-electron chi connectivity index (χ2n) is 3.80. The van der Waals surface area contributed by atoms with Crippen molar-refractivity contribution in [1.82, 2.24) is 0 Å². The molecule has 0 heterocycles. The van der Waals surface area contributed by atoms with Crippen molar-refractivity contribution in [1.29, 1.82) is 5.26 Å². The summed E-state index contributed by atoms with van der Waals surface area (Å²) in [4.78, 5) is 0. The van der Waals surface area contributed by atoms with Crippen LogP contribution in [0.2, 0.25) is 0 Å². The molecule has 0 unspecified atom stereocenters. The van der Waals surface area contributed by atoms with Crippen molar-refractivity contribution in [3.05, 3.63) is 0 Å². The molecule has 0 N–H and O–H groups in total. The van der Waals surface area contributed by atoms with Crippen molar-refractivity contribution in [2.24, 2.45) is 0 Å². The first kappa shape index (κ1) is 19.2. The van der Waals surface area contributed by atoms with E-state index in [-0.39, 0.29) is 11.8 Å². The molecule has 0 spiro atoms. The van der Waals surface area contributed by atoms with Gasteiger partial charge < -0.3 is 0 Å². The average molecular weight is 333 g/mol. The van der Waals surface area contributed by atoms with Crippen molar-refractivity contribution >= 4 is 11.8 Å². The van der Waals surface area contributed by atoms with E-state index in [4.69, 9.17) is 5.26 Å². The summed E-state index contributed by atoms with van der Waals surface area (Å²) in [5.41, 5.74) is 0. The highest BCUT2D eigenvalue weighted by molar-refractivity contribution is 8.03. The van der Waals surface area contributed by atoms with Gasteiger partial charge in [0, 0.05) is 25.0 Å². The molecule has 0 aromatic heterocycles. The number of halogens is 9. The normalized spacial score (nSPS) is 14.2. The van der Waals surface area contributed by atoms with Gasteiger partial charge in [0.25, 0.3) is 0 Å². The Morgan fingerprint density at radius 3 is 1.50 bits per heavy atom. The van der Waals surface area contributed by atoms with Gasteiger partial charge in [-0.25, -0.2) is 0 Å². The number of alkyl halides is 9. The first-order valence-corrected chi connectivity index (χ1v) is 5.96. The SMILES string of the molecule is N#CSCCC(F)(F)C(F)(F)CCC(F)(F)C(F)(F)F. The summed E-state index contributed by atoms with van der Waals surface area (Å²) >= 11 is 0.243. The maximum absolute atomic E-state index is 13.0. The van der Waals surface area contributed by atoms with Gasteiger partial charge in [-0.2, -0.15) is 44.8 Å². The van der Waals surface area contributed by atoms with Crippen molar-refractivity contribution in [2.75, 3.05) is 5.75 Å². The molecule has 0 aliphatic rings. The lowest BCUT2D eigenvalue weighted by Crippen LogP contribution is -2.44. The van der Waals surface area contributed by atoms with E-state index >= 15 is 0 Å². The van der Waals surface area contributed by atoms with Crippen LogP contribution in [0.25, 0.3) is 0 Å². The van der Waals surface area contributed by atoms with E-state index in [0.717, 1.165) is 0 Å². The maximum Gasteiger partial charge on any atom is 0.453 e. The Morgan fingerprint density at radius 2 is 1.10 bits per heavy atom. The average Bonchev–Trinajstić information content (AvgIpc) is 2.25. The Labute approximate surface area is 112 Å². The van der Waals surface area contributed by atoms with Crippen LogP contribution >= 0.6 is 11.8 Å². The molecule has 0 aromatic rings. The fraction of sp³-hybridized carbons (Fsp3) is 0.889. The Hall–Kier alpha value is -0.790. The molecule has 118 valence electrons. The number of nitriles is 1. The van der Waals surface area contributed by atoms with Crippen LogP contribution in [0.4, 0.5) is 39.5 Å². The van der Waals surface area contributed by atoms with Crippen LogP contribution in [0.1, 0.15) is 19.3 Å². The van der Waals surface area contributed by atoms with E-state index in [1.54, 1.807) is 0 Å². The number of thioether (sulfide) groups is 1. The lowest BCUT2D eigenvalue weighted by Gasteiger charge is -2.28. The van der Waals surface area contributed by atoms with Gasteiger partial charge >= 0.3 is 23.9 Å². The summed E-state index contributed by atoms with van der Waals surface area (Å²) in [5.74, 6) is -15.9. The predicted octanol–water partition coefficient (Wildman–Crippen LogP) is 4.84. The Kier molecular flexibility index (Phi) is 6.07. The van der Waals surface area contributed by atoms with Gasteiger partial charge in [-0.3, -0.25) is 0 Å². The second-order valence-corrected chi connectivity index (χ2v) is 4.68. The van der Waals surface area contributed by atoms with Crippen molar-refractivity contribution < 1.29 is 39.5 Å². The third-order valence-electron chi connectivity index (χ3n) is 2.29. The topological polar surface area (TPSA) is 23.8 Å². The van der Waals surface area contributed by atoms with Gasteiger partial charge in [0.2, 0.25) is 0 Å². The maximum atomic E-state index is 13.0. The van der Waals surface area contributed by atoms with Gasteiger partial charge in [-0.05, 0) is 11.8 Å². The number of hydrogen-bond acceptors (Lipinski definition) is 2. The lowest BCUT2D eigenvalue weighted by molar-refractivity contribution is -0.293. The van der Waals surface area contributed by atoms with Crippen LogP contribution in [0.3, 0.4) is 0 Å². The third-order valence-corrected chi connectivity index (χ3v) is 2.82. The highest BCUT2D eigenvalue weighted by atomic mass is 32.2. The first-order valence-electron chi connectivity index (χ1n) is 4.98. The molecule has 0 fully saturated rings. The van der Waals surface area contributed by atoms with E-state index in [0.29, 0.717) is 0 Å². The second kappa shape index (κ2) is 6.32. The highest BCUT2D eigenvalue weighted by Gasteiger charge is 2.61. The van der Waals surface area contributed by atoms with Crippen LogP contribution in [-0.4, -0.2) is 29.7 Å². The summed E-state index contributed by atoms with van der Waals surface area (Å²) in [5, 5.41) is 9.36. The van der Waals surface area contributed by atoms with E-state index in [1.165, 1.54) is 5.40 Å². The minimum atomic E-state index is -6.07. The van der Waals surface area contributed by atoms with Crippen LogP contribution in [0.15, 0.2) is 0 Å². The zero-order chi connectivity index (χ0) is 16.2. The van der Waals surface area contributed by atoms with Crippen LogP contribution < -0.4 is 0 Å². The predicted molar refractivity (Wildman–Crippen MR) is 52.8 cm³/mol. The molecule has 0 bridgehead atoms. The molecule has 0 amide bonds.